The number of nitrogens with one attached hydrogen (secondary N) is 2. The predicted molar refractivity (Wildman–Crippen MR) is 82.6 cm³/mol. The lowest BCUT2D eigenvalue weighted by Gasteiger charge is -2.32. The van der Waals surface area contributed by atoms with Crippen LogP contribution < -0.4 is 5.32 Å². The molecule has 21 heavy (non-hydrogen) atoms. The molecular weight excluding hydrogens is 288 g/mol. The fourth-order valence-corrected chi connectivity index (χ4v) is 3.91. The minimum Gasteiger partial charge on any atom is -0.332 e. The molecule has 0 spiro atoms. The Balaban J connectivity index is 1.92. The molecule has 1 aromatic rings. The largest absolute Gasteiger partial charge is 0.332 e. The smallest absolute Gasteiger partial charge is 0.260 e. The average Bonchev–Trinajstić information content (AvgIpc) is 2.83. The van der Waals surface area contributed by atoms with Gasteiger partial charge in [0, 0.05) is 18.6 Å². The van der Waals surface area contributed by atoms with Gasteiger partial charge >= 0.3 is 0 Å². The third kappa shape index (κ3) is 4.28. The van der Waals surface area contributed by atoms with Crippen LogP contribution in [-0.2, 0) is 10.0 Å². The maximum atomic E-state index is 12.5. The highest BCUT2D eigenvalue weighted by Crippen LogP contribution is 2.23. The number of aromatic nitrogens is 2. The van der Waals surface area contributed by atoms with Gasteiger partial charge in [-0.15, -0.1) is 0 Å². The molecule has 120 valence electrons. The molecule has 0 bridgehead atoms. The molecule has 0 aliphatic carbocycles. The predicted octanol–water partition coefficient (Wildman–Crippen LogP) is 1.51. The minimum absolute atomic E-state index is 0.108. The second-order valence-corrected chi connectivity index (χ2v) is 8.72. The number of sulfonamides is 1. The molecule has 0 saturated carbocycles. The van der Waals surface area contributed by atoms with E-state index in [4.69, 9.17) is 0 Å². The molecule has 1 aromatic heterocycles. The Morgan fingerprint density at radius 3 is 2.48 bits per heavy atom. The molecule has 1 aliphatic heterocycles. The molecule has 1 aliphatic rings. The zero-order valence-electron chi connectivity index (χ0n) is 13.3. The lowest BCUT2D eigenvalue weighted by atomic mass is 9.97. The lowest BCUT2D eigenvalue weighted by Crippen LogP contribution is -2.44. The molecule has 7 heteroatoms. The van der Waals surface area contributed by atoms with Crippen molar-refractivity contribution in [1.82, 2.24) is 19.6 Å². The van der Waals surface area contributed by atoms with Crippen LogP contribution in [0.1, 0.15) is 39.4 Å². The zero-order valence-corrected chi connectivity index (χ0v) is 14.1. The van der Waals surface area contributed by atoms with Gasteiger partial charge in [-0.2, -0.15) is 4.31 Å². The van der Waals surface area contributed by atoms with Crippen molar-refractivity contribution in [1.29, 1.82) is 0 Å². The lowest BCUT2D eigenvalue weighted by molar-refractivity contribution is 0.251. The summed E-state index contributed by atoms with van der Waals surface area (Å²) in [6.07, 6.45) is 3.20. The van der Waals surface area contributed by atoms with Crippen molar-refractivity contribution < 1.29 is 8.42 Å². The molecule has 1 saturated heterocycles. The standard InChI is InChI=1S/C14H26N4O2S/c1-11-15-10-13(17-11)21(19,20)18-7-5-12(6-8-18)9-16-14(2,3)4/h10,12,16H,5-9H2,1-4H3,(H,15,17). The van der Waals surface area contributed by atoms with Gasteiger partial charge in [-0.05, 0) is 53.0 Å². The van der Waals surface area contributed by atoms with E-state index in [1.165, 1.54) is 6.20 Å². The van der Waals surface area contributed by atoms with E-state index < -0.39 is 10.0 Å². The Morgan fingerprint density at radius 1 is 1.38 bits per heavy atom. The van der Waals surface area contributed by atoms with Gasteiger partial charge in [0.2, 0.25) is 0 Å². The second kappa shape index (κ2) is 6.06. The Labute approximate surface area is 127 Å². The molecule has 6 nitrogen and oxygen atoms in total. The number of hydrogen-bond donors (Lipinski definition) is 2. The zero-order chi connectivity index (χ0) is 15.7. The van der Waals surface area contributed by atoms with E-state index in [9.17, 15) is 8.42 Å². The number of aryl methyl sites for hydroxylation is 1. The van der Waals surface area contributed by atoms with E-state index in [-0.39, 0.29) is 10.6 Å². The summed E-state index contributed by atoms with van der Waals surface area (Å²) >= 11 is 0. The first-order chi connectivity index (χ1) is 9.68. The van der Waals surface area contributed by atoms with Crippen LogP contribution in [0.4, 0.5) is 0 Å². The monoisotopic (exact) mass is 314 g/mol. The van der Waals surface area contributed by atoms with Gasteiger partial charge < -0.3 is 10.3 Å². The highest BCUT2D eigenvalue weighted by Gasteiger charge is 2.30. The third-order valence-electron chi connectivity index (χ3n) is 3.79. The van der Waals surface area contributed by atoms with E-state index >= 15 is 0 Å². The van der Waals surface area contributed by atoms with Crippen molar-refractivity contribution >= 4 is 10.0 Å². The average molecular weight is 314 g/mol. The van der Waals surface area contributed by atoms with Gasteiger partial charge in [0.05, 0.1) is 6.20 Å². The van der Waals surface area contributed by atoms with Crippen molar-refractivity contribution in [2.24, 2.45) is 5.92 Å². The quantitative estimate of drug-likeness (QED) is 0.883. The molecule has 0 radical (unpaired) electrons. The van der Waals surface area contributed by atoms with E-state index in [1.54, 1.807) is 11.2 Å². The summed E-state index contributed by atoms with van der Waals surface area (Å²) in [6, 6.07) is 0. The van der Waals surface area contributed by atoms with Crippen molar-refractivity contribution in [2.75, 3.05) is 19.6 Å². The van der Waals surface area contributed by atoms with Gasteiger partial charge in [-0.25, -0.2) is 13.4 Å². The van der Waals surface area contributed by atoms with Crippen LogP contribution in [-0.4, -0.2) is 47.9 Å². The van der Waals surface area contributed by atoms with E-state index in [0.29, 0.717) is 24.8 Å². The van der Waals surface area contributed by atoms with Crippen LogP contribution in [0.3, 0.4) is 0 Å². The first-order valence-electron chi connectivity index (χ1n) is 7.45. The summed E-state index contributed by atoms with van der Waals surface area (Å²) in [6.45, 7) is 10.3. The van der Waals surface area contributed by atoms with Crippen LogP contribution in [0.15, 0.2) is 11.2 Å². The van der Waals surface area contributed by atoms with E-state index in [2.05, 4.69) is 36.1 Å². The SMILES string of the molecule is Cc1ncc(S(=O)(=O)N2CCC(CNC(C)(C)C)CC2)[nH]1. The molecule has 0 atom stereocenters. The highest BCUT2D eigenvalue weighted by molar-refractivity contribution is 7.89. The summed E-state index contributed by atoms with van der Waals surface area (Å²) in [4.78, 5) is 6.79. The molecule has 0 amide bonds. The molecule has 2 rings (SSSR count). The van der Waals surface area contributed by atoms with Crippen molar-refractivity contribution in [3.05, 3.63) is 12.0 Å². The minimum atomic E-state index is -3.41. The fraction of sp³-hybridized carbons (Fsp3) is 0.786. The normalized spacial score (nSPS) is 19.0. The Kier molecular flexibility index (Phi) is 4.75. The maximum absolute atomic E-state index is 12.5. The first kappa shape index (κ1) is 16.5. The number of H-pyrrole nitrogens is 1. The molecule has 1 fully saturated rings. The maximum Gasteiger partial charge on any atom is 0.260 e. The van der Waals surface area contributed by atoms with Crippen LogP contribution in [0, 0.1) is 12.8 Å². The third-order valence-corrected chi connectivity index (χ3v) is 5.60. The van der Waals surface area contributed by atoms with Crippen molar-refractivity contribution in [3.8, 4) is 0 Å². The van der Waals surface area contributed by atoms with Gasteiger partial charge in [0.25, 0.3) is 10.0 Å². The molecule has 2 N–H and O–H groups in total. The molecule has 0 aromatic carbocycles. The van der Waals surface area contributed by atoms with Crippen LogP contribution in [0.25, 0.3) is 0 Å². The molecule has 2 heterocycles. The van der Waals surface area contributed by atoms with E-state index in [1.807, 2.05) is 0 Å². The Morgan fingerprint density at radius 2 is 2.00 bits per heavy atom. The van der Waals surface area contributed by atoms with Crippen molar-refractivity contribution in [3.63, 3.8) is 0 Å². The topological polar surface area (TPSA) is 78.1 Å². The van der Waals surface area contributed by atoms with Gasteiger partial charge in [0.15, 0.2) is 5.03 Å². The number of nitrogens with zero attached hydrogens (tertiary/aromatic N) is 2. The van der Waals surface area contributed by atoms with Gasteiger partial charge in [0.1, 0.15) is 5.82 Å². The van der Waals surface area contributed by atoms with Crippen molar-refractivity contribution in [2.45, 2.75) is 51.1 Å². The highest BCUT2D eigenvalue weighted by atomic mass is 32.2. The summed E-state index contributed by atoms with van der Waals surface area (Å²) in [5.41, 5.74) is 0.108. The number of piperidine rings is 1. The summed E-state index contributed by atoms with van der Waals surface area (Å²) in [5.74, 6) is 1.16. The molecule has 0 unspecified atom stereocenters. The van der Waals surface area contributed by atoms with Gasteiger partial charge in [-0.3, -0.25) is 0 Å². The van der Waals surface area contributed by atoms with Crippen LogP contribution in [0.5, 0.6) is 0 Å². The van der Waals surface area contributed by atoms with Gasteiger partial charge in [-0.1, -0.05) is 0 Å². The fourth-order valence-electron chi connectivity index (χ4n) is 2.47. The Bertz CT molecular complexity index is 566. The van der Waals surface area contributed by atoms with Crippen LogP contribution >= 0.6 is 0 Å². The van der Waals surface area contributed by atoms with E-state index in [0.717, 1.165) is 19.4 Å². The summed E-state index contributed by atoms with van der Waals surface area (Å²) in [7, 11) is -3.41. The first-order valence-corrected chi connectivity index (χ1v) is 8.89. The number of aromatic amines is 1. The number of rotatable bonds is 4. The molecular formula is C14H26N4O2S. The summed E-state index contributed by atoms with van der Waals surface area (Å²) in [5, 5.41) is 3.70. The number of imidazole rings is 1. The van der Waals surface area contributed by atoms with Crippen LogP contribution in [0.2, 0.25) is 0 Å². The second-order valence-electron chi connectivity index (χ2n) is 6.81. The summed E-state index contributed by atoms with van der Waals surface area (Å²) < 4.78 is 26.5. The number of hydrogen-bond acceptors (Lipinski definition) is 4. The Hall–Kier alpha value is -0.920.